The van der Waals surface area contributed by atoms with E-state index < -0.39 is 5.60 Å². The van der Waals surface area contributed by atoms with Crippen LogP contribution < -0.4 is 5.32 Å². The first-order valence-corrected chi connectivity index (χ1v) is 7.60. The second-order valence-corrected chi connectivity index (χ2v) is 5.99. The van der Waals surface area contributed by atoms with Crippen molar-refractivity contribution in [1.82, 2.24) is 15.5 Å². The highest BCUT2D eigenvalue weighted by Crippen LogP contribution is 2.26. The predicted octanol–water partition coefficient (Wildman–Crippen LogP) is 2.38. The van der Waals surface area contributed by atoms with E-state index in [9.17, 15) is 9.90 Å². The van der Waals surface area contributed by atoms with E-state index in [0.717, 1.165) is 36.6 Å². The van der Waals surface area contributed by atoms with Crippen LogP contribution in [0.4, 0.5) is 0 Å². The summed E-state index contributed by atoms with van der Waals surface area (Å²) in [7, 11) is 0. The van der Waals surface area contributed by atoms with Crippen molar-refractivity contribution in [2.45, 2.75) is 44.1 Å². The number of hydrogen-bond acceptors (Lipinski definition) is 3. The van der Waals surface area contributed by atoms with Gasteiger partial charge in [-0.15, -0.1) is 0 Å². The first kappa shape index (κ1) is 14.1. The zero-order valence-corrected chi connectivity index (χ0v) is 12.1. The van der Waals surface area contributed by atoms with Crippen LogP contribution in [0.25, 0.3) is 10.9 Å². The van der Waals surface area contributed by atoms with Gasteiger partial charge in [0.15, 0.2) is 0 Å². The molecule has 5 nitrogen and oxygen atoms in total. The molecule has 0 spiro atoms. The van der Waals surface area contributed by atoms with Gasteiger partial charge in [0, 0.05) is 17.5 Å². The molecule has 1 aliphatic carbocycles. The van der Waals surface area contributed by atoms with Crippen LogP contribution in [0.2, 0.25) is 0 Å². The van der Waals surface area contributed by atoms with Crippen molar-refractivity contribution < 1.29 is 9.90 Å². The van der Waals surface area contributed by atoms with Crippen LogP contribution in [0.5, 0.6) is 0 Å². The Morgan fingerprint density at radius 3 is 2.81 bits per heavy atom. The number of carbonyl (C=O) groups is 1. The molecular formula is C16H21N3O2. The zero-order valence-electron chi connectivity index (χ0n) is 12.1. The summed E-state index contributed by atoms with van der Waals surface area (Å²) >= 11 is 0. The molecule has 1 amide bonds. The Morgan fingerprint density at radius 1 is 1.29 bits per heavy atom. The lowest BCUT2D eigenvalue weighted by Crippen LogP contribution is -2.42. The number of fused-ring (bicyclic) bond motifs is 1. The van der Waals surface area contributed by atoms with E-state index in [1.165, 1.54) is 12.8 Å². The molecule has 0 unspecified atom stereocenters. The number of carbonyl (C=O) groups excluding carboxylic acids is 1. The van der Waals surface area contributed by atoms with Crippen LogP contribution in [0.15, 0.2) is 24.4 Å². The van der Waals surface area contributed by atoms with E-state index in [0.29, 0.717) is 12.1 Å². The molecular weight excluding hydrogens is 266 g/mol. The van der Waals surface area contributed by atoms with E-state index in [2.05, 4.69) is 15.5 Å². The lowest BCUT2D eigenvalue weighted by Gasteiger charge is -2.26. The standard InChI is InChI=1S/C16H21N3O2/c20-15(12-5-6-14-13(9-12)10-18-19-14)17-11-16(21)7-3-1-2-4-8-16/h5-6,9-10,21H,1-4,7-8,11H2,(H,17,20)(H,18,19). The molecule has 1 aromatic carbocycles. The molecule has 21 heavy (non-hydrogen) atoms. The van der Waals surface area contributed by atoms with Gasteiger partial charge >= 0.3 is 0 Å². The predicted molar refractivity (Wildman–Crippen MR) is 81.1 cm³/mol. The van der Waals surface area contributed by atoms with Crippen molar-refractivity contribution in [3.8, 4) is 0 Å². The quantitative estimate of drug-likeness (QED) is 0.758. The Bertz CT molecular complexity index is 627. The van der Waals surface area contributed by atoms with Gasteiger partial charge in [-0.1, -0.05) is 25.7 Å². The molecule has 0 aliphatic heterocycles. The van der Waals surface area contributed by atoms with Gasteiger partial charge in [-0.25, -0.2) is 0 Å². The van der Waals surface area contributed by atoms with Crippen molar-refractivity contribution in [3.05, 3.63) is 30.0 Å². The lowest BCUT2D eigenvalue weighted by molar-refractivity contribution is 0.0246. The molecule has 1 fully saturated rings. The Balaban J connectivity index is 1.65. The number of nitrogens with zero attached hydrogens (tertiary/aromatic N) is 1. The van der Waals surface area contributed by atoms with E-state index in [-0.39, 0.29) is 5.91 Å². The Kier molecular flexibility index (Phi) is 3.92. The first-order chi connectivity index (χ1) is 10.2. The monoisotopic (exact) mass is 287 g/mol. The van der Waals surface area contributed by atoms with Crippen LogP contribution in [0.3, 0.4) is 0 Å². The molecule has 1 heterocycles. The molecule has 1 aliphatic rings. The van der Waals surface area contributed by atoms with Crippen molar-refractivity contribution >= 4 is 16.8 Å². The van der Waals surface area contributed by atoms with Gasteiger partial charge in [-0.3, -0.25) is 9.89 Å². The fourth-order valence-corrected chi connectivity index (χ4v) is 2.99. The minimum Gasteiger partial charge on any atom is -0.388 e. The van der Waals surface area contributed by atoms with Gasteiger partial charge < -0.3 is 10.4 Å². The molecule has 0 saturated heterocycles. The van der Waals surface area contributed by atoms with Crippen molar-refractivity contribution in [2.75, 3.05) is 6.54 Å². The Labute approximate surface area is 123 Å². The highest BCUT2D eigenvalue weighted by molar-refractivity contribution is 5.97. The van der Waals surface area contributed by atoms with Crippen LogP contribution in [-0.4, -0.2) is 33.4 Å². The van der Waals surface area contributed by atoms with E-state index in [1.807, 2.05) is 12.1 Å². The lowest BCUT2D eigenvalue weighted by atomic mass is 9.94. The van der Waals surface area contributed by atoms with E-state index in [1.54, 1.807) is 12.3 Å². The summed E-state index contributed by atoms with van der Waals surface area (Å²) in [5, 5.41) is 21.1. The van der Waals surface area contributed by atoms with Gasteiger partial charge in [-0.2, -0.15) is 5.10 Å². The second-order valence-electron chi connectivity index (χ2n) is 5.99. The van der Waals surface area contributed by atoms with E-state index in [4.69, 9.17) is 0 Å². The molecule has 1 saturated carbocycles. The summed E-state index contributed by atoms with van der Waals surface area (Å²) in [5.41, 5.74) is 0.765. The van der Waals surface area contributed by atoms with Crippen LogP contribution in [0, 0.1) is 0 Å². The number of rotatable bonds is 3. The summed E-state index contributed by atoms with van der Waals surface area (Å²) in [6.45, 7) is 0.329. The highest BCUT2D eigenvalue weighted by atomic mass is 16.3. The summed E-state index contributed by atoms with van der Waals surface area (Å²) in [6.07, 6.45) is 7.66. The van der Waals surface area contributed by atoms with Crippen molar-refractivity contribution in [2.24, 2.45) is 0 Å². The number of amides is 1. The Morgan fingerprint density at radius 2 is 2.05 bits per heavy atom. The maximum Gasteiger partial charge on any atom is 0.251 e. The second kappa shape index (κ2) is 5.85. The number of aliphatic hydroxyl groups is 1. The van der Waals surface area contributed by atoms with E-state index >= 15 is 0 Å². The van der Waals surface area contributed by atoms with Gasteiger partial charge in [0.2, 0.25) is 0 Å². The van der Waals surface area contributed by atoms with Crippen molar-refractivity contribution in [1.29, 1.82) is 0 Å². The SMILES string of the molecule is O=C(NCC1(O)CCCCCC1)c1ccc2[nH]ncc2c1. The van der Waals surface area contributed by atoms with Crippen LogP contribution >= 0.6 is 0 Å². The van der Waals surface area contributed by atoms with Crippen molar-refractivity contribution in [3.63, 3.8) is 0 Å². The third kappa shape index (κ3) is 3.24. The highest BCUT2D eigenvalue weighted by Gasteiger charge is 2.28. The molecule has 0 radical (unpaired) electrons. The molecule has 3 rings (SSSR count). The number of H-pyrrole nitrogens is 1. The number of aromatic amines is 1. The summed E-state index contributed by atoms with van der Waals surface area (Å²) in [4.78, 5) is 12.2. The number of aromatic nitrogens is 2. The molecule has 2 aromatic rings. The topological polar surface area (TPSA) is 78.0 Å². The fraction of sp³-hybridized carbons (Fsp3) is 0.500. The molecule has 5 heteroatoms. The number of nitrogens with one attached hydrogen (secondary N) is 2. The normalized spacial score (nSPS) is 18.3. The fourth-order valence-electron chi connectivity index (χ4n) is 2.99. The largest absolute Gasteiger partial charge is 0.388 e. The van der Waals surface area contributed by atoms with Gasteiger partial charge in [-0.05, 0) is 31.0 Å². The number of benzene rings is 1. The van der Waals surface area contributed by atoms with Gasteiger partial charge in [0.05, 0.1) is 17.3 Å². The Hall–Kier alpha value is -1.88. The minimum atomic E-state index is -0.744. The third-order valence-corrected chi connectivity index (χ3v) is 4.31. The zero-order chi connectivity index (χ0) is 14.7. The molecule has 1 aromatic heterocycles. The summed E-state index contributed by atoms with van der Waals surface area (Å²) in [5.74, 6) is -0.143. The molecule has 0 bridgehead atoms. The van der Waals surface area contributed by atoms with Crippen LogP contribution in [0.1, 0.15) is 48.9 Å². The molecule has 3 N–H and O–H groups in total. The third-order valence-electron chi connectivity index (χ3n) is 4.31. The average molecular weight is 287 g/mol. The minimum absolute atomic E-state index is 0.143. The maximum absolute atomic E-state index is 12.2. The molecule has 112 valence electrons. The summed E-state index contributed by atoms with van der Waals surface area (Å²) < 4.78 is 0. The van der Waals surface area contributed by atoms with Crippen LogP contribution in [-0.2, 0) is 0 Å². The first-order valence-electron chi connectivity index (χ1n) is 7.60. The number of hydrogen-bond donors (Lipinski definition) is 3. The van der Waals surface area contributed by atoms with Gasteiger partial charge in [0.25, 0.3) is 5.91 Å². The smallest absolute Gasteiger partial charge is 0.251 e. The summed E-state index contributed by atoms with van der Waals surface area (Å²) in [6, 6.07) is 5.43. The average Bonchev–Trinajstić information content (AvgIpc) is 2.85. The van der Waals surface area contributed by atoms with Gasteiger partial charge in [0.1, 0.15) is 0 Å². The molecule has 0 atom stereocenters. The maximum atomic E-state index is 12.2.